The Hall–Kier alpha value is -3.32. The second-order valence-corrected chi connectivity index (χ2v) is 8.32. The van der Waals surface area contributed by atoms with Crippen molar-refractivity contribution < 1.29 is 13.3 Å². The number of aromatic nitrogens is 2. The van der Waals surface area contributed by atoms with E-state index in [1.807, 2.05) is 12.1 Å². The largest absolute Gasteiger partial charge is 0.423 e. The van der Waals surface area contributed by atoms with Crippen molar-refractivity contribution in [3.05, 3.63) is 81.8 Å². The van der Waals surface area contributed by atoms with Crippen LogP contribution in [-0.2, 0) is 13.0 Å². The zero-order valence-electron chi connectivity index (χ0n) is 17.9. The topological polar surface area (TPSA) is 72.4 Å². The van der Waals surface area contributed by atoms with Gasteiger partial charge in [0.2, 0.25) is 11.7 Å². The van der Waals surface area contributed by atoms with Crippen molar-refractivity contribution in [1.82, 2.24) is 15.0 Å². The molecule has 4 aromatic rings. The highest BCUT2D eigenvalue weighted by Gasteiger charge is 2.27. The fourth-order valence-electron chi connectivity index (χ4n) is 4.41. The molecule has 32 heavy (non-hydrogen) atoms. The predicted octanol–water partition coefficient (Wildman–Crippen LogP) is 4.92. The Kier molecular flexibility index (Phi) is 5.57. The lowest BCUT2D eigenvalue weighted by Gasteiger charge is -2.31. The maximum Gasteiger partial charge on any atom is 0.336 e. The van der Waals surface area contributed by atoms with E-state index in [0.29, 0.717) is 29.4 Å². The van der Waals surface area contributed by atoms with Gasteiger partial charge in [0.1, 0.15) is 11.4 Å². The van der Waals surface area contributed by atoms with Crippen molar-refractivity contribution in [3.8, 4) is 11.4 Å². The third kappa shape index (κ3) is 4.21. The van der Waals surface area contributed by atoms with Crippen molar-refractivity contribution >= 4 is 11.0 Å². The van der Waals surface area contributed by atoms with Crippen LogP contribution >= 0.6 is 0 Å². The van der Waals surface area contributed by atoms with Crippen LogP contribution in [0.2, 0.25) is 0 Å². The number of aryl methyl sites for hydroxylation is 1. The lowest BCUT2D eigenvalue weighted by Crippen LogP contribution is -2.34. The molecule has 0 saturated carbocycles. The Morgan fingerprint density at radius 1 is 1.19 bits per heavy atom. The minimum absolute atomic E-state index is 0.0941. The Balaban J connectivity index is 1.36. The van der Waals surface area contributed by atoms with E-state index in [1.54, 1.807) is 18.2 Å². The maximum absolute atomic E-state index is 13.5. The Labute approximate surface area is 184 Å². The van der Waals surface area contributed by atoms with Gasteiger partial charge in [0.15, 0.2) is 0 Å². The first-order valence-corrected chi connectivity index (χ1v) is 11.0. The molecule has 1 unspecified atom stereocenters. The summed E-state index contributed by atoms with van der Waals surface area (Å²) in [6.45, 7) is 4.40. The van der Waals surface area contributed by atoms with Crippen molar-refractivity contribution in [3.63, 3.8) is 0 Å². The van der Waals surface area contributed by atoms with E-state index in [1.165, 1.54) is 12.1 Å². The van der Waals surface area contributed by atoms with Gasteiger partial charge in [-0.2, -0.15) is 4.98 Å². The number of benzene rings is 2. The van der Waals surface area contributed by atoms with Crippen LogP contribution in [0.3, 0.4) is 0 Å². The average Bonchev–Trinajstić information content (AvgIpc) is 3.29. The summed E-state index contributed by atoms with van der Waals surface area (Å²) in [5.74, 6) is 0.731. The molecule has 1 atom stereocenters. The van der Waals surface area contributed by atoms with Crippen LogP contribution in [-0.4, -0.2) is 28.1 Å². The fourth-order valence-corrected chi connectivity index (χ4v) is 4.41. The third-order valence-electron chi connectivity index (χ3n) is 6.08. The van der Waals surface area contributed by atoms with Crippen molar-refractivity contribution in [2.75, 3.05) is 13.1 Å². The quantitative estimate of drug-likeness (QED) is 0.416. The molecule has 0 bridgehead atoms. The molecule has 2 aromatic heterocycles. The first kappa shape index (κ1) is 20.6. The van der Waals surface area contributed by atoms with Gasteiger partial charge in [-0.1, -0.05) is 36.3 Å². The number of fused-ring (bicyclic) bond motifs is 1. The van der Waals surface area contributed by atoms with E-state index in [9.17, 15) is 9.18 Å². The van der Waals surface area contributed by atoms with Gasteiger partial charge in [0, 0.05) is 30.1 Å². The number of hydrogen-bond acceptors (Lipinski definition) is 6. The summed E-state index contributed by atoms with van der Waals surface area (Å²) in [5, 5.41) is 5.02. The van der Waals surface area contributed by atoms with E-state index in [2.05, 4.69) is 28.0 Å². The molecule has 0 amide bonds. The molecule has 0 N–H and O–H groups in total. The summed E-state index contributed by atoms with van der Waals surface area (Å²) in [7, 11) is 0. The van der Waals surface area contributed by atoms with Crippen LogP contribution in [0, 0.1) is 5.82 Å². The monoisotopic (exact) mass is 433 g/mol. The Morgan fingerprint density at radius 2 is 2.09 bits per heavy atom. The molecular formula is C25H24FN3O3. The van der Waals surface area contributed by atoms with Crippen LogP contribution < -0.4 is 5.63 Å². The second kappa shape index (κ2) is 8.67. The molecular weight excluding hydrogens is 409 g/mol. The lowest BCUT2D eigenvalue weighted by molar-refractivity contribution is 0.180. The lowest BCUT2D eigenvalue weighted by atomic mass is 9.97. The highest BCUT2D eigenvalue weighted by Crippen LogP contribution is 2.29. The minimum atomic E-state index is -0.330. The SMILES string of the molecule is CCc1ccc2c(CN3CCCC(c4nc(-c5cccc(F)c5)no4)C3)cc(=O)oc2c1. The molecule has 1 saturated heterocycles. The standard InChI is InChI=1S/C25H24FN3O3/c1-2-16-8-9-21-19(13-23(30)31-22(21)11-16)15-29-10-4-6-18(14-29)25-27-24(28-32-25)17-5-3-7-20(26)12-17/h3,5,7-9,11-13,18H,2,4,6,10,14-15H2,1H3. The summed E-state index contributed by atoms with van der Waals surface area (Å²) in [4.78, 5) is 19.0. The van der Waals surface area contributed by atoms with E-state index in [4.69, 9.17) is 8.94 Å². The van der Waals surface area contributed by atoms with Gasteiger partial charge in [-0.05, 0) is 55.1 Å². The van der Waals surface area contributed by atoms with Crippen LogP contribution in [0.25, 0.3) is 22.4 Å². The summed E-state index contributed by atoms with van der Waals surface area (Å²) in [5.41, 5.74) is 3.01. The van der Waals surface area contributed by atoms with E-state index in [0.717, 1.165) is 48.9 Å². The van der Waals surface area contributed by atoms with Crippen LogP contribution in [0.4, 0.5) is 4.39 Å². The second-order valence-electron chi connectivity index (χ2n) is 8.32. The Bertz CT molecular complexity index is 1310. The Morgan fingerprint density at radius 3 is 2.94 bits per heavy atom. The van der Waals surface area contributed by atoms with E-state index >= 15 is 0 Å². The fraction of sp³-hybridized carbons (Fsp3) is 0.320. The first-order valence-electron chi connectivity index (χ1n) is 11.0. The van der Waals surface area contributed by atoms with E-state index < -0.39 is 0 Å². The van der Waals surface area contributed by atoms with E-state index in [-0.39, 0.29) is 17.4 Å². The molecule has 0 spiro atoms. The number of nitrogens with zero attached hydrogens (tertiary/aromatic N) is 3. The van der Waals surface area contributed by atoms with Gasteiger partial charge in [-0.15, -0.1) is 0 Å². The number of likely N-dealkylation sites (tertiary alicyclic amines) is 1. The zero-order chi connectivity index (χ0) is 22.1. The molecule has 7 heteroatoms. The molecule has 0 aliphatic carbocycles. The minimum Gasteiger partial charge on any atom is -0.423 e. The zero-order valence-corrected chi connectivity index (χ0v) is 17.9. The molecule has 2 aromatic carbocycles. The highest BCUT2D eigenvalue weighted by molar-refractivity contribution is 5.80. The first-order chi connectivity index (χ1) is 15.6. The molecule has 1 aliphatic rings. The maximum atomic E-state index is 13.5. The number of rotatable bonds is 5. The van der Waals surface area contributed by atoms with Gasteiger partial charge >= 0.3 is 5.63 Å². The molecule has 1 fully saturated rings. The van der Waals surface area contributed by atoms with Gasteiger partial charge in [0.25, 0.3) is 0 Å². The molecule has 0 radical (unpaired) electrons. The summed E-state index contributed by atoms with van der Waals surface area (Å²) in [6, 6.07) is 13.8. The molecule has 1 aliphatic heterocycles. The van der Waals surface area contributed by atoms with Gasteiger partial charge in [-0.25, -0.2) is 9.18 Å². The third-order valence-corrected chi connectivity index (χ3v) is 6.08. The molecule has 6 nitrogen and oxygen atoms in total. The predicted molar refractivity (Wildman–Crippen MR) is 119 cm³/mol. The molecule has 3 heterocycles. The van der Waals surface area contributed by atoms with Crippen LogP contribution in [0.15, 0.2) is 62.3 Å². The number of halogens is 1. The summed E-state index contributed by atoms with van der Waals surface area (Å²) < 4.78 is 24.5. The average molecular weight is 433 g/mol. The van der Waals surface area contributed by atoms with Crippen molar-refractivity contribution in [2.45, 2.75) is 38.6 Å². The highest BCUT2D eigenvalue weighted by atomic mass is 19.1. The molecule has 5 rings (SSSR count). The van der Waals surface area contributed by atoms with Crippen molar-refractivity contribution in [1.29, 1.82) is 0 Å². The van der Waals surface area contributed by atoms with Gasteiger partial charge < -0.3 is 8.94 Å². The number of piperidine rings is 1. The summed E-state index contributed by atoms with van der Waals surface area (Å²) in [6.07, 6.45) is 2.82. The smallest absolute Gasteiger partial charge is 0.336 e. The van der Waals surface area contributed by atoms with Gasteiger partial charge in [-0.3, -0.25) is 4.90 Å². The number of hydrogen-bond donors (Lipinski definition) is 0. The molecule has 164 valence electrons. The summed E-state index contributed by atoms with van der Waals surface area (Å²) >= 11 is 0. The van der Waals surface area contributed by atoms with Crippen molar-refractivity contribution in [2.24, 2.45) is 0 Å². The van der Waals surface area contributed by atoms with Gasteiger partial charge in [0.05, 0.1) is 5.92 Å². The van der Waals surface area contributed by atoms with Crippen LogP contribution in [0.5, 0.6) is 0 Å². The normalized spacial score (nSPS) is 17.1. The van der Waals surface area contributed by atoms with Crippen LogP contribution in [0.1, 0.15) is 42.7 Å².